The molecule has 0 heterocycles. The van der Waals surface area contributed by atoms with Gasteiger partial charge in [0.25, 0.3) is 0 Å². The topological polar surface area (TPSA) is 15.3 Å². The molecule has 1 unspecified atom stereocenters. The summed E-state index contributed by atoms with van der Waals surface area (Å²) in [4.78, 5) is 2.32. The van der Waals surface area contributed by atoms with Gasteiger partial charge in [0.2, 0.25) is 0 Å². The van der Waals surface area contributed by atoms with Crippen LogP contribution in [0.4, 0.5) is 5.69 Å². The van der Waals surface area contributed by atoms with E-state index in [2.05, 4.69) is 43.2 Å². The second-order valence-electron chi connectivity index (χ2n) is 4.55. The van der Waals surface area contributed by atoms with E-state index < -0.39 is 0 Å². The van der Waals surface area contributed by atoms with Crippen LogP contribution in [-0.2, 0) is 6.54 Å². The third kappa shape index (κ3) is 3.90. The summed E-state index contributed by atoms with van der Waals surface area (Å²) in [7, 11) is 4.11. The van der Waals surface area contributed by atoms with Crippen molar-refractivity contribution in [3.05, 3.63) is 28.8 Å². The zero-order chi connectivity index (χ0) is 12.8. The predicted octanol–water partition coefficient (Wildman–Crippen LogP) is 3.68. The minimum atomic E-state index is 0.536. The molecule has 2 nitrogen and oxygen atoms in total. The summed E-state index contributed by atoms with van der Waals surface area (Å²) in [5, 5.41) is 4.00. The van der Waals surface area contributed by atoms with Gasteiger partial charge in [-0.25, -0.2) is 0 Å². The molecule has 0 aromatic heterocycles. The molecule has 1 atom stereocenters. The second-order valence-corrected chi connectivity index (χ2v) is 4.99. The number of hydrogen-bond acceptors (Lipinski definition) is 2. The molecule has 0 aliphatic carbocycles. The van der Waals surface area contributed by atoms with Gasteiger partial charge >= 0.3 is 0 Å². The minimum absolute atomic E-state index is 0.536. The lowest BCUT2D eigenvalue weighted by atomic mass is 10.1. The lowest BCUT2D eigenvalue weighted by Crippen LogP contribution is -2.30. The van der Waals surface area contributed by atoms with Crippen molar-refractivity contribution in [3.63, 3.8) is 0 Å². The SMILES string of the molecule is CCCC(C)N(C)c1cc(Cl)ccc1CNC. The zero-order valence-corrected chi connectivity index (χ0v) is 12.0. The fourth-order valence-corrected chi connectivity index (χ4v) is 2.22. The summed E-state index contributed by atoms with van der Waals surface area (Å²) in [6.07, 6.45) is 2.40. The van der Waals surface area contributed by atoms with Crippen LogP contribution in [-0.4, -0.2) is 20.1 Å². The Hall–Kier alpha value is -0.730. The molecule has 0 radical (unpaired) electrons. The van der Waals surface area contributed by atoms with Crippen molar-refractivity contribution in [2.24, 2.45) is 0 Å². The molecule has 0 saturated heterocycles. The van der Waals surface area contributed by atoms with E-state index in [-0.39, 0.29) is 0 Å². The lowest BCUT2D eigenvalue weighted by Gasteiger charge is -2.29. The number of nitrogens with one attached hydrogen (secondary N) is 1. The molecular weight excluding hydrogens is 232 g/mol. The van der Waals surface area contributed by atoms with Crippen molar-refractivity contribution in [1.29, 1.82) is 0 Å². The summed E-state index contributed by atoms with van der Waals surface area (Å²) in [6.45, 7) is 5.35. The van der Waals surface area contributed by atoms with Crippen molar-refractivity contribution < 1.29 is 0 Å². The Bertz CT molecular complexity index is 352. The third-order valence-electron chi connectivity index (χ3n) is 3.16. The Morgan fingerprint density at radius 2 is 2.12 bits per heavy atom. The van der Waals surface area contributed by atoms with Crippen LogP contribution in [0.1, 0.15) is 32.3 Å². The van der Waals surface area contributed by atoms with Gasteiger partial charge in [0, 0.05) is 30.3 Å². The molecule has 3 heteroatoms. The normalized spacial score (nSPS) is 12.5. The monoisotopic (exact) mass is 254 g/mol. The van der Waals surface area contributed by atoms with Crippen molar-refractivity contribution >= 4 is 17.3 Å². The maximum Gasteiger partial charge on any atom is 0.0426 e. The van der Waals surface area contributed by atoms with Crippen LogP contribution in [0, 0.1) is 0 Å². The Labute approximate surface area is 110 Å². The first-order valence-electron chi connectivity index (χ1n) is 6.26. The van der Waals surface area contributed by atoms with E-state index in [1.165, 1.54) is 24.1 Å². The van der Waals surface area contributed by atoms with Crippen LogP contribution in [0.3, 0.4) is 0 Å². The van der Waals surface area contributed by atoms with E-state index in [1.54, 1.807) is 0 Å². The van der Waals surface area contributed by atoms with Crippen LogP contribution >= 0.6 is 11.6 Å². The number of benzene rings is 1. The molecule has 96 valence electrons. The summed E-state index contributed by atoms with van der Waals surface area (Å²) in [5.74, 6) is 0. The van der Waals surface area contributed by atoms with Gasteiger partial charge in [-0.05, 0) is 38.1 Å². The maximum atomic E-state index is 6.10. The van der Waals surface area contributed by atoms with Crippen LogP contribution in [0.15, 0.2) is 18.2 Å². The highest BCUT2D eigenvalue weighted by atomic mass is 35.5. The molecule has 0 spiro atoms. The molecule has 0 amide bonds. The highest BCUT2D eigenvalue weighted by molar-refractivity contribution is 6.30. The maximum absolute atomic E-state index is 6.10. The van der Waals surface area contributed by atoms with Crippen molar-refractivity contribution in [2.75, 3.05) is 19.0 Å². The number of rotatable bonds is 6. The average Bonchev–Trinajstić information content (AvgIpc) is 2.31. The number of hydrogen-bond donors (Lipinski definition) is 1. The highest BCUT2D eigenvalue weighted by Gasteiger charge is 2.13. The van der Waals surface area contributed by atoms with Gasteiger partial charge in [-0.1, -0.05) is 31.0 Å². The average molecular weight is 255 g/mol. The van der Waals surface area contributed by atoms with Gasteiger partial charge in [0.1, 0.15) is 0 Å². The van der Waals surface area contributed by atoms with Crippen LogP contribution in [0.2, 0.25) is 5.02 Å². The molecule has 1 aromatic rings. The predicted molar refractivity (Wildman–Crippen MR) is 77.0 cm³/mol. The molecule has 1 aromatic carbocycles. The van der Waals surface area contributed by atoms with E-state index in [0.29, 0.717) is 6.04 Å². The molecule has 0 saturated carbocycles. The van der Waals surface area contributed by atoms with Gasteiger partial charge in [-0.15, -0.1) is 0 Å². The molecular formula is C14H23ClN2. The van der Waals surface area contributed by atoms with E-state index >= 15 is 0 Å². The van der Waals surface area contributed by atoms with Crippen LogP contribution < -0.4 is 10.2 Å². The van der Waals surface area contributed by atoms with Crippen molar-refractivity contribution in [1.82, 2.24) is 5.32 Å². The van der Waals surface area contributed by atoms with Gasteiger partial charge in [0.05, 0.1) is 0 Å². The van der Waals surface area contributed by atoms with E-state index in [0.717, 1.165) is 11.6 Å². The fraction of sp³-hybridized carbons (Fsp3) is 0.571. The quantitative estimate of drug-likeness (QED) is 0.833. The Kier molecular flexibility index (Phi) is 5.79. The Morgan fingerprint density at radius 3 is 2.71 bits per heavy atom. The lowest BCUT2D eigenvalue weighted by molar-refractivity contribution is 0.613. The van der Waals surface area contributed by atoms with E-state index in [1.807, 2.05) is 13.1 Å². The summed E-state index contributed by atoms with van der Waals surface area (Å²) >= 11 is 6.10. The Morgan fingerprint density at radius 1 is 1.41 bits per heavy atom. The first-order valence-corrected chi connectivity index (χ1v) is 6.63. The fourth-order valence-electron chi connectivity index (χ4n) is 2.05. The first kappa shape index (κ1) is 14.3. The molecule has 1 rings (SSSR count). The molecule has 17 heavy (non-hydrogen) atoms. The molecule has 0 aliphatic rings. The Balaban J connectivity index is 2.96. The number of halogens is 1. The number of anilines is 1. The number of nitrogens with zero attached hydrogens (tertiary/aromatic N) is 1. The third-order valence-corrected chi connectivity index (χ3v) is 3.40. The molecule has 0 aliphatic heterocycles. The van der Waals surface area contributed by atoms with Crippen LogP contribution in [0.5, 0.6) is 0 Å². The summed E-state index contributed by atoms with van der Waals surface area (Å²) in [6, 6.07) is 6.65. The van der Waals surface area contributed by atoms with Crippen LogP contribution in [0.25, 0.3) is 0 Å². The van der Waals surface area contributed by atoms with E-state index in [4.69, 9.17) is 11.6 Å². The summed E-state index contributed by atoms with van der Waals surface area (Å²) < 4.78 is 0. The summed E-state index contributed by atoms with van der Waals surface area (Å²) in [5.41, 5.74) is 2.52. The second kappa shape index (κ2) is 6.87. The van der Waals surface area contributed by atoms with Crippen molar-refractivity contribution in [2.45, 2.75) is 39.3 Å². The molecule has 0 fully saturated rings. The molecule has 0 bridgehead atoms. The largest absolute Gasteiger partial charge is 0.372 e. The van der Waals surface area contributed by atoms with Gasteiger partial charge < -0.3 is 10.2 Å². The standard InChI is InChI=1S/C14H23ClN2/c1-5-6-11(2)17(4)14-9-13(15)8-7-12(14)10-16-3/h7-9,11,16H,5-6,10H2,1-4H3. The van der Waals surface area contributed by atoms with Gasteiger partial charge in [-0.3, -0.25) is 0 Å². The molecule has 1 N–H and O–H groups in total. The first-order chi connectivity index (χ1) is 8.10. The minimum Gasteiger partial charge on any atom is -0.372 e. The van der Waals surface area contributed by atoms with Gasteiger partial charge in [-0.2, -0.15) is 0 Å². The van der Waals surface area contributed by atoms with E-state index in [9.17, 15) is 0 Å². The van der Waals surface area contributed by atoms with Gasteiger partial charge in [0.15, 0.2) is 0 Å². The smallest absolute Gasteiger partial charge is 0.0426 e. The zero-order valence-electron chi connectivity index (χ0n) is 11.3. The van der Waals surface area contributed by atoms with Crippen molar-refractivity contribution in [3.8, 4) is 0 Å². The highest BCUT2D eigenvalue weighted by Crippen LogP contribution is 2.26.